The van der Waals surface area contributed by atoms with Crippen LogP contribution < -0.4 is 5.73 Å². The summed E-state index contributed by atoms with van der Waals surface area (Å²) in [5, 5.41) is 0. The molecule has 1 aliphatic rings. The van der Waals surface area contributed by atoms with Crippen LogP contribution in [0.5, 0.6) is 0 Å². The first kappa shape index (κ1) is 15.0. The molecular weight excluding hydrogens is 208 g/mol. The number of hydrogen-bond donors (Lipinski definition) is 1. The molecule has 2 N–H and O–H groups in total. The molecule has 0 amide bonds. The van der Waals surface area contributed by atoms with Crippen molar-refractivity contribution in [3.8, 4) is 0 Å². The molecule has 1 fully saturated rings. The number of nitrogens with zero attached hydrogens (tertiary/aromatic N) is 1. The zero-order valence-corrected chi connectivity index (χ0v) is 12.2. The lowest BCUT2D eigenvalue weighted by Gasteiger charge is -2.46. The molecule has 1 aliphatic carbocycles. The lowest BCUT2D eigenvalue weighted by molar-refractivity contribution is 0.0423. The number of nitrogens with two attached hydrogens (primary N) is 1. The summed E-state index contributed by atoms with van der Waals surface area (Å²) in [7, 11) is 2.28. The zero-order valence-electron chi connectivity index (χ0n) is 12.2. The van der Waals surface area contributed by atoms with E-state index in [-0.39, 0.29) is 5.54 Å². The fraction of sp³-hybridized carbons (Fsp3) is 1.00. The lowest BCUT2D eigenvalue weighted by Crippen LogP contribution is -2.55. The van der Waals surface area contributed by atoms with Gasteiger partial charge in [-0.3, -0.25) is 4.90 Å². The first-order chi connectivity index (χ1) is 8.14. The van der Waals surface area contributed by atoms with E-state index in [1.165, 1.54) is 57.8 Å². The van der Waals surface area contributed by atoms with Crippen LogP contribution in [0.15, 0.2) is 0 Å². The molecular formula is C15H32N2. The lowest BCUT2D eigenvalue weighted by atomic mass is 9.85. The van der Waals surface area contributed by atoms with Crippen molar-refractivity contribution in [1.29, 1.82) is 0 Å². The topological polar surface area (TPSA) is 29.3 Å². The molecule has 0 aliphatic heterocycles. The van der Waals surface area contributed by atoms with Gasteiger partial charge in [0, 0.05) is 18.1 Å². The Morgan fingerprint density at radius 3 is 2.29 bits per heavy atom. The van der Waals surface area contributed by atoms with Gasteiger partial charge in [0.25, 0.3) is 0 Å². The van der Waals surface area contributed by atoms with Crippen molar-refractivity contribution in [2.75, 3.05) is 13.6 Å². The number of rotatable bonds is 9. The van der Waals surface area contributed by atoms with Crippen LogP contribution in [0.4, 0.5) is 0 Å². The van der Waals surface area contributed by atoms with Gasteiger partial charge in [-0.2, -0.15) is 0 Å². The van der Waals surface area contributed by atoms with Crippen molar-refractivity contribution < 1.29 is 0 Å². The fourth-order valence-corrected chi connectivity index (χ4v) is 2.75. The van der Waals surface area contributed by atoms with E-state index in [0.29, 0.717) is 0 Å². The van der Waals surface area contributed by atoms with Crippen LogP contribution >= 0.6 is 0 Å². The molecule has 1 rings (SSSR count). The van der Waals surface area contributed by atoms with Gasteiger partial charge >= 0.3 is 0 Å². The Morgan fingerprint density at radius 2 is 1.82 bits per heavy atom. The van der Waals surface area contributed by atoms with Crippen molar-refractivity contribution >= 4 is 0 Å². The zero-order chi connectivity index (χ0) is 12.7. The molecule has 0 spiro atoms. The minimum absolute atomic E-state index is 0.233. The third-order valence-electron chi connectivity index (χ3n) is 4.73. The molecule has 0 saturated heterocycles. The van der Waals surface area contributed by atoms with Gasteiger partial charge in [-0.15, -0.1) is 0 Å². The molecule has 2 nitrogen and oxygen atoms in total. The van der Waals surface area contributed by atoms with E-state index in [0.717, 1.165) is 12.6 Å². The maximum Gasteiger partial charge on any atom is 0.0303 e. The maximum absolute atomic E-state index is 6.02. The molecule has 1 unspecified atom stereocenters. The van der Waals surface area contributed by atoms with E-state index in [1.54, 1.807) is 0 Å². The summed E-state index contributed by atoms with van der Waals surface area (Å²) in [5.41, 5.74) is 6.26. The van der Waals surface area contributed by atoms with Crippen molar-refractivity contribution in [3.05, 3.63) is 0 Å². The Hall–Kier alpha value is -0.0800. The standard InChI is InChI=1S/C15H32N2/c1-4-5-6-7-8-12-15(2,13-16)17(3)14-10-9-11-14/h14H,4-13,16H2,1-3H3. The Morgan fingerprint density at radius 1 is 1.18 bits per heavy atom. The molecule has 1 saturated carbocycles. The number of hydrogen-bond acceptors (Lipinski definition) is 2. The quantitative estimate of drug-likeness (QED) is 0.625. The van der Waals surface area contributed by atoms with Crippen molar-refractivity contribution in [2.45, 2.75) is 83.2 Å². The Bertz CT molecular complexity index is 201. The molecule has 2 heteroatoms. The molecule has 0 aromatic carbocycles. The van der Waals surface area contributed by atoms with E-state index in [1.807, 2.05) is 0 Å². The van der Waals surface area contributed by atoms with Crippen molar-refractivity contribution in [3.63, 3.8) is 0 Å². The van der Waals surface area contributed by atoms with Gasteiger partial charge in [0.15, 0.2) is 0 Å². The molecule has 0 heterocycles. The number of unbranched alkanes of at least 4 members (excludes halogenated alkanes) is 4. The van der Waals surface area contributed by atoms with E-state index in [4.69, 9.17) is 5.73 Å². The molecule has 0 bridgehead atoms. The van der Waals surface area contributed by atoms with E-state index < -0.39 is 0 Å². The van der Waals surface area contributed by atoms with Gasteiger partial charge in [0.2, 0.25) is 0 Å². The third-order valence-corrected chi connectivity index (χ3v) is 4.73. The van der Waals surface area contributed by atoms with Crippen molar-refractivity contribution in [2.24, 2.45) is 5.73 Å². The summed E-state index contributed by atoms with van der Waals surface area (Å²) in [4.78, 5) is 2.57. The first-order valence-electron chi connectivity index (χ1n) is 7.57. The summed E-state index contributed by atoms with van der Waals surface area (Å²) in [6.07, 6.45) is 12.3. The summed E-state index contributed by atoms with van der Waals surface area (Å²) in [5.74, 6) is 0. The average molecular weight is 240 g/mol. The number of likely N-dealkylation sites (N-methyl/N-ethyl adjacent to an activating group) is 1. The highest BCUT2D eigenvalue weighted by Crippen LogP contribution is 2.31. The largest absolute Gasteiger partial charge is 0.329 e. The first-order valence-corrected chi connectivity index (χ1v) is 7.57. The monoisotopic (exact) mass is 240 g/mol. The third kappa shape index (κ3) is 4.26. The highest BCUT2D eigenvalue weighted by Gasteiger charge is 2.34. The van der Waals surface area contributed by atoms with Crippen LogP contribution in [-0.4, -0.2) is 30.1 Å². The van der Waals surface area contributed by atoms with Crippen LogP contribution in [0.25, 0.3) is 0 Å². The van der Waals surface area contributed by atoms with Gasteiger partial charge in [0.1, 0.15) is 0 Å². The van der Waals surface area contributed by atoms with Crippen LogP contribution in [0.1, 0.15) is 71.6 Å². The average Bonchev–Trinajstić information content (AvgIpc) is 2.26. The van der Waals surface area contributed by atoms with Crippen molar-refractivity contribution in [1.82, 2.24) is 4.90 Å². The summed E-state index contributed by atoms with van der Waals surface area (Å²) in [6, 6.07) is 0.805. The second-order valence-electron chi connectivity index (χ2n) is 6.06. The van der Waals surface area contributed by atoms with Gasteiger partial charge in [-0.1, -0.05) is 45.4 Å². The maximum atomic E-state index is 6.02. The van der Waals surface area contributed by atoms with Gasteiger partial charge in [-0.05, 0) is 33.2 Å². The molecule has 0 aromatic heterocycles. The molecule has 0 radical (unpaired) electrons. The molecule has 102 valence electrons. The van der Waals surface area contributed by atoms with Crippen LogP contribution in [0.2, 0.25) is 0 Å². The fourth-order valence-electron chi connectivity index (χ4n) is 2.75. The second-order valence-corrected chi connectivity index (χ2v) is 6.06. The van der Waals surface area contributed by atoms with Gasteiger partial charge in [0.05, 0.1) is 0 Å². The van der Waals surface area contributed by atoms with Gasteiger partial charge in [-0.25, -0.2) is 0 Å². The highest BCUT2D eigenvalue weighted by molar-refractivity contribution is 4.92. The molecule has 17 heavy (non-hydrogen) atoms. The smallest absolute Gasteiger partial charge is 0.0303 e. The van der Waals surface area contributed by atoms with Crippen LogP contribution in [0, 0.1) is 0 Å². The Kier molecular flexibility index (Phi) is 6.50. The van der Waals surface area contributed by atoms with E-state index >= 15 is 0 Å². The second kappa shape index (κ2) is 7.38. The molecule has 1 atom stereocenters. The van der Waals surface area contributed by atoms with E-state index in [9.17, 15) is 0 Å². The summed E-state index contributed by atoms with van der Waals surface area (Å²) < 4.78 is 0. The molecule has 0 aromatic rings. The van der Waals surface area contributed by atoms with E-state index in [2.05, 4.69) is 25.8 Å². The SMILES string of the molecule is CCCCCCCC(C)(CN)N(C)C1CCC1. The minimum atomic E-state index is 0.233. The highest BCUT2D eigenvalue weighted by atomic mass is 15.2. The Labute approximate surface area is 108 Å². The normalized spacial score (nSPS) is 20.3. The van der Waals surface area contributed by atoms with Gasteiger partial charge < -0.3 is 5.73 Å². The Balaban J connectivity index is 2.28. The summed E-state index contributed by atoms with van der Waals surface area (Å²) in [6.45, 7) is 5.42. The predicted octanol–water partition coefficient (Wildman–Crippen LogP) is 3.55. The van der Waals surface area contributed by atoms with Crippen LogP contribution in [-0.2, 0) is 0 Å². The summed E-state index contributed by atoms with van der Waals surface area (Å²) >= 11 is 0. The van der Waals surface area contributed by atoms with Crippen LogP contribution in [0.3, 0.4) is 0 Å². The predicted molar refractivity (Wildman–Crippen MR) is 76.2 cm³/mol. The minimum Gasteiger partial charge on any atom is -0.329 e.